The minimum absolute atomic E-state index is 0.0963. The summed E-state index contributed by atoms with van der Waals surface area (Å²) < 4.78 is 1.65. The molecule has 0 radical (unpaired) electrons. The molecule has 0 spiro atoms. The summed E-state index contributed by atoms with van der Waals surface area (Å²) in [6, 6.07) is 0. The Hall–Kier alpha value is -0.980. The van der Waals surface area contributed by atoms with E-state index in [9.17, 15) is 0 Å². The van der Waals surface area contributed by atoms with Crippen LogP contribution in [0.15, 0.2) is 6.20 Å². The van der Waals surface area contributed by atoms with Gasteiger partial charge < -0.3 is 15.3 Å². The van der Waals surface area contributed by atoms with Gasteiger partial charge in [0.15, 0.2) is 0 Å². The Morgan fingerprint density at radius 3 is 3.00 bits per heavy atom. The molecule has 1 aromatic rings. The molecule has 0 atom stereocenters. The monoisotopic (exact) mass is 227 g/mol. The zero-order valence-electron chi connectivity index (χ0n) is 10.1. The zero-order valence-corrected chi connectivity index (χ0v) is 10.1. The second-order valence-corrected chi connectivity index (χ2v) is 4.03. The molecular weight excluding hydrogens is 206 g/mol. The van der Waals surface area contributed by atoms with Gasteiger partial charge in [0, 0.05) is 12.7 Å². The van der Waals surface area contributed by atoms with Crippen molar-refractivity contribution in [1.29, 1.82) is 0 Å². The van der Waals surface area contributed by atoms with Gasteiger partial charge in [-0.3, -0.25) is 0 Å². The minimum Gasteiger partial charge on any atom is -0.394 e. The molecule has 1 aromatic heterocycles. The van der Waals surface area contributed by atoms with Crippen LogP contribution in [0.2, 0.25) is 0 Å². The van der Waals surface area contributed by atoms with Crippen LogP contribution in [0.3, 0.4) is 0 Å². The second kappa shape index (κ2) is 7.32. The highest BCUT2D eigenvalue weighted by molar-refractivity contribution is 4.91. The van der Waals surface area contributed by atoms with E-state index in [-0.39, 0.29) is 6.61 Å². The highest BCUT2D eigenvalue weighted by atomic mass is 16.3. The molecule has 0 saturated carbocycles. The lowest BCUT2D eigenvalue weighted by molar-refractivity contribution is 0.268. The Kier molecular flexibility index (Phi) is 5.99. The lowest BCUT2D eigenvalue weighted by Gasteiger charge is -2.08. The summed E-state index contributed by atoms with van der Waals surface area (Å²) in [4.78, 5) is 2.17. The van der Waals surface area contributed by atoms with Crippen molar-refractivity contribution in [2.75, 3.05) is 33.8 Å². The molecule has 6 nitrogen and oxygen atoms in total. The fourth-order valence-electron chi connectivity index (χ4n) is 1.37. The maximum Gasteiger partial charge on any atom is 0.0964 e. The van der Waals surface area contributed by atoms with Gasteiger partial charge in [-0.25, -0.2) is 4.68 Å². The molecule has 2 N–H and O–H groups in total. The predicted octanol–water partition coefficient (Wildman–Crippen LogP) is -0.688. The first kappa shape index (κ1) is 13.1. The summed E-state index contributed by atoms with van der Waals surface area (Å²) >= 11 is 0. The molecule has 1 heterocycles. The van der Waals surface area contributed by atoms with Crippen molar-refractivity contribution < 1.29 is 5.11 Å². The van der Waals surface area contributed by atoms with Crippen molar-refractivity contribution in [3.8, 4) is 0 Å². The SMILES string of the molecule is CN(C)CCCNCc1cn(CCO)nn1. The van der Waals surface area contributed by atoms with E-state index in [0.29, 0.717) is 6.54 Å². The molecule has 0 aromatic carbocycles. The van der Waals surface area contributed by atoms with Crippen LogP contribution in [-0.4, -0.2) is 58.8 Å². The second-order valence-electron chi connectivity index (χ2n) is 4.03. The van der Waals surface area contributed by atoms with Crippen molar-refractivity contribution in [3.05, 3.63) is 11.9 Å². The standard InChI is InChI=1S/C10H21N5O/c1-14(2)5-3-4-11-8-10-9-15(6-7-16)13-12-10/h9,11,16H,3-8H2,1-2H3. The van der Waals surface area contributed by atoms with E-state index in [0.717, 1.165) is 31.7 Å². The van der Waals surface area contributed by atoms with Gasteiger partial charge >= 0.3 is 0 Å². The van der Waals surface area contributed by atoms with Gasteiger partial charge in [0.1, 0.15) is 0 Å². The maximum absolute atomic E-state index is 8.72. The average molecular weight is 227 g/mol. The topological polar surface area (TPSA) is 66.2 Å². The van der Waals surface area contributed by atoms with Crippen molar-refractivity contribution >= 4 is 0 Å². The van der Waals surface area contributed by atoms with Crippen LogP contribution in [0.4, 0.5) is 0 Å². The third-order valence-electron chi connectivity index (χ3n) is 2.18. The average Bonchev–Trinajstić information content (AvgIpc) is 2.65. The summed E-state index contributed by atoms with van der Waals surface area (Å²) in [5.41, 5.74) is 0.915. The summed E-state index contributed by atoms with van der Waals surface area (Å²) in [6.07, 6.45) is 2.98. The van der Waals surface area contributed by atoms with E-state index in [4.69, 9.17) is 5.11 Å². The summed E-state index contributed by atoms with van der Waals surface area (Å²) in [5, 5.41) is 19.9. The molecule has 0 amide bonds. The molecule has 6 heteroatoms. The predicted molar refractivity (Wildman–Crippen MR) is 62.0 cm³/mol. The fraction of sp³-hybridized carbons (Fsp3) is 0.800. The smallest absolute Gasteiger partial charge is 0.0964 e. The molecule has 16 heavy (non-hydrogen) atoms. The zero-order chi connectivity index (χ0) is 11.8. The van der Waals surface area contributed by atoms with Crippen LogP contribution in [0.25, 0.3) is 0 Å². The van der Waals surface area contributed by atoms with Crippen LogP contribution in [-0.2, 0) is 13.1 Å². The Morgan fingerprint density at radius 2 is 2.31 bits per heavy atom. The van der Waals surface area contributed by atoms with Crippen molar-refractivity contribution in [3.63, 3.8) is 0 Å². The van der Waals surface area contributed by atoms with E-state index < -0.39 is 0 Å². The molecule has 0 aliphatic carbocycles. The largest absolute Gasteiger partial charge is 0.394 e. The highest BCUT2D eigenvalue weighted by Gasteiger charge is 1.99. The van der Waals surface area contributed by atoms with E-state index in [1.807, 2.05) is 6.20 Å². The highest BCUT2D eigenvalue weighted by Crippen LogP contribution is 1.92. The summed E-state index contributed by atoms with van der Waals surface area (Å²) in [7, 11) is 4.14. The Balaban J connectivity index is 2.12. The number of aliphatic hydroxyl groups excluding tert-OH is 1. The first-order valence-electron chi connectivity index (χ1n) is 5.57. The van der Waals surface area contributed by atoms with Crippen molar-refractivity contribution in [1.82, 2.24) is 25.2 Å². The number of hydrogen-bond acceptors (Lipinski definition) is 5. The van der Waals surface area contributed by atoms with Crippen LogP contribution in [0, 0.1) is 0 Å². The third-order valence-corrected chi connectivity index (χ3v) is 2.18. The van der Waals surface area contributed by atoms with Gasteiger partial charge in [-0.1, -0.05) is 5.21 Å². The molecule has 0 aliphatic heterocycles. The summed E-state index contributed by atoms with van der Waals surface area (Å²) in [6.45, 7) is 3.40. The van der Waals surface area contributed by atoms with E-state index in [2.05, 4.69) is 34.6 Å². The van der Waals surface area contributed by atoms with Gasteiger partial charge in [0.25, 0.3) is 0 Å². The number of nitrogens with zero attached hydrogens (tertiary/aromatic N) is 4. The van der Waals surface area contributed by atoms with Crippen molar-refractivity contribution in [2.24, 2.45) is 0 Å². The van der Waals surface area contributed by atoms with Crippen LogP contribution >= 0.6 is 0 Å². The van der Waals surface area contributed by atoms with Gasteiger partial charge in [-0.05, 0) is 33.6 Å². The first-order valence-corrected chi connectivity index (χ1v) is 5.57. The Labute approximate surface area is 96.3 Å². The van der Waals surface area contributed by atoms with Gasteiger partial charge in [-0.15, -0.1) is 5.10 Å². The minimum atomic E-state index is 0.0963. The third kappa shape index (κ3) is 5.20. The van der Waals surface area contributed by atoms with E-state index in [1.54, 1.807) is 4.68 Å². The molecule has 0 bridgehead atoms. The number of aromatic nitrogens is 3. The normalized spacial score (nSPS) is 11.2. The first-order chi connectivity index (χ1) is 7.72. The van der Waals surface area contributed by atoms with E-state index >= 15 is 0 Å². The van der Waals surface area contributed by atoms with E-state index in [1.165, 1.54) is 0 Å². The number of nitrogens with one attached hydrogen (secondary N) is 1. The lowest BCUT2D eigenvalue weighted by Crippen LogP contribution is -2.21. The van der Waals surface area contributed by atoms with Crippen LogP contribution in [0.1, 0.15) is 12.1 Å². The molecule has 0 fully saturated rings. The number of hydrogen-bond donors (Lipinski definition) is 2. The molecular formula is C10H21N5O. The lowest BCUT2D eigenvalue weighted by atomic mass is 10.4. The van der Waals surface area contributed by atoms with Gasteiger partial charge in [0.2, 0.25) is 0 Å². The fourth-order valence-corrected chi connectivity index (χ4v) is 1.37. The molecule has 92 valence electrons. The summed E-state index contributed by atoms with van der Waals surface area (Å²) in [5.74, 6) is 0. The maximum atomic E-state index is 8.72. The molecule has 0 saturated heterocycles. The van der Waals surface area contributed by atoms with Gasteiger partial charge in [0.05, 0.1) is 18.8 Å². The van der Waals surface area contributed by atoms with Gasteiger partial charge in [-0.2, -0.15) is 0 Å². The van der Waals surface area contributed by atoms with Crippen molar-refractivity contribution in [2.45, 2.75) is 19.5 Å². The number of aliphatic hydroxyl groups is 1. The van der Waals surface area contributed by atoms with Crippen LogP contribution < -0.4 is 5.32 Å². The molecule has 0 aliphatic rings. The molecule has 0 unspecified atom stereocenters. The van der Waals surface area contributed by atoms with Crippen LogP contribution in [0.5, 0.6) is 0 Å². The quantitative estimate of drug-likeness (QED) is 0.576. The Bertz CT molecular complexity index is 286. The number of rotatable bonds is 8. The Morgan fingerprint density at radius 1 is 1.50 bits per heavy atom. The molecule has 1 rings (SSSR count).